The summed E-state index contributed by atoms with van der Waals surface area (Å²) in [4.78, 5) is 24.8. The predicted octanol–water partition coefficient (Wildman–Crippen LogP) is 3.79. The molecule has 0 spiro atoms. The Kier molecular flexibility index (Phi) is 5.48. The van der Waals surface area contributed by atoms with Crippen molar-refractivity contribution in [1.29, 1.82) is 0 Å². The van der Waals surface area contributed by atoms with E-state index in [4.69, 9.17) is 10.5 Å². The van der Waals surface area contributed by atoms with Gasteiger partial charge in [0.05, 0.1) is 34.3 Å². The van der Waals surface area contributed by atoms with E-state index in [0.717, 1.165) is 42.9 Å². The third-order valence-electron chi connectivity index (χ3n) is 5.84. The molecule has 0 radical (unpaired) electrons. The van der Waals surface area contributed by atoms with Gasteiger partial charge >= 0.3 is 0 Å². The normalized spacial score (nSPS) is 20.3. The number of ketones is 1. The highest BCUT2D eigenvalue weighted by atomic mass is 79.9. The van der Waals surface area contributed by atoms with Gasteiger partial charge in [-0.05, 0) is 59.7 Å². The minimum absolute atomic E-state index is 0.121. The summed E-state index contributed by atoms with van der Waals surface area (Å²) < 4.78 is 8.21. The van der Waals surface area contributed by atoms with Crippen molar-refractivity contribution < 1.29 is 14.3 Å². The molecule has 2 aromatic rings. The van der Waals surface area contributed by atoms with Crippen molar-refractivity contribution in [3.8, 4) is 5.69 Å². The Balaban J connectivity index is 1.78. The molecule has 160 valence electrons. The molecular weight excluding hydrogens is 448 g/mol. The fourth-order valence-electron chi connectivity index (χ4n) is 4.44. The summed E-state index contributed by atoms with van der Waals surface area (Å²) in [7, 11) is 0. The first-order valence-corrected chi connectivity index (χ1v) is 11.1. The summed E-state index contributed by atoms with van der Waals surface area (Å²) in [5.41, 5.74) is 9.66. The Morgan fingerprint density at radius 2 is 2.17 bits per heavy atom. The number of anilines is 1. The molecule has 1 atom stereocenters. The van der Waals surface area contributed by atoms with E-state index >= 15 is 0 Å². The molecule has 2 heterocycles. The SMILES string of the molecule is Cc1nn(-c2cc(NCC3CCCO3)c(C(N)=O)cc2Br)c2c1C(=O)CC(C)(C)C2. The van der Waals surface area contributed by atoms with Crippen LogP contribution >= 0.6 is 15.9 Å². The molecule has 1 aliphatic heterocycles. The van der Waals surface area contributed by atoms with Crippen molar-refractivity contribution in [2.75, 3.05) is 18.5 Å². The first-order chi connectivity index (χ1) is 14.2. The Hall–Kier alpha value is -2.19. The highest BCUT2D eigenvalue weighted by Crippen LogP contribution is 2.38. The Labute approximate surface area is 184 Å². The number of nitrogens with zero attached hydrogens (tertiary/aromatic N) is 2. The Morgan fingerprint density at radius 1 is 1.40 bits per heavy atom. The van der Waals surface area contributed by atoms with Crippen molar-refractivity contribution >= 4 is 33.3 Å². The second kappa shape index (κ2) is 7.81. The van der Waals surface area contributed by atoms with Gasteiger partial charge in [0.1, 0.15) is 0 Å². The van der Waals surface area contributed by atoms with Crippen LogP contribution in [0.1, 0.15) is 65.2 Å². The van der Waals surface area contributed by atoms with Gasteiger partial charge in [0.25, 0.3) is 5.91 Å². The summed E-state index contributed by atoms with van der Waals surface area (Å²) in [6.45, 7) is 7.43. The number of hydrogen-bond acceptors (Lipinski definition) is 5. The zero-order valence-electron chi connectivity index (χ0n) is 17.5. The van der Waals surface area contributed by atoms with Crippen LogP contribution in [-0.2, 0) is 11.2 Å². The Bertz CT molecular complexity index is 1020. The maximum Gasteiger partial charge on any atom is 0.250 e. The van der Waals surface area contributed by atoms with E-state index in [-0.39, 0.29) is 17.3 Å². The van der Waals surface area contributed by atoms with Crippen LogP contribution in [0.25, 0.3) is 5.69 Å². The smallest absolute Gasteiger partial charge is 0.250 e. The van der Waals surface area contributed by atoms with E-state index in [1.54, 1.807) is 6.07 Å². The molecule has 8 heteroatoms. The monoisotopic (exact) mass is 474 g/mol. The van der Waals surface area contributed by atoms with Crippen molar-refractivity contribution in [3.63, 3.8) is 0 Å². The van der Waals surface area contributed by atoms with Gasteiger partial charge in [-0.1, -0.05) is 13.8 Å². The number of aromatic nitrogens is 2. The summed E-state index contributed by atoms with van der Waals surface area (Å²) in [6, 6.07) is 3.59. The summed E-state index contributed by atoms with van der Waals surface area (Å²) in [6.07, 6.45) is 3.42. The predicted molar refractivity (Wildman–Crippen MR) is 118 cm³/mol. The van der Waals surface area contributed by atoms with Crippen LogP contribution < -0.4 is 11.1 Å². The first kappa shape index (κ1) is 21.1. The first-order valence-electron chi connectivity index (χ1n) is 10.3. The number of halogens is 1. The number of hydrogen-bond donors (Lipinski definition) is 2. The van der Waals surface area contributed by atoms with Gasteiger partial charge < -0.3 is 15.8 Å². The zero-order chi connectivity index (χ0) is 21.6. The lowest BCUT2D eigenvalue weighted by atomic mass is 9.75. The number of rotatable bonds is 5. The number of nitrogens with two attached hydrogens (primary N) is 1. The van der Waals surface area contributed by atoms with E-state index in [9.17, 15) is 9.59 Å². The quantitative estimate of drug-likeness (QED) is 0.686. The average Bonchev–Trinajstić information content (AvgIpc) is 3.27. The van der Waals surface area contributed by atoms with Crippen molar-refractivity contribution in [2.45, 2.75) is 52.6 Å². The molecule has 2 aliphatic rings. The van der Waals surface area contributed by atoms with Crippen LogP contribution in [0.3, 0.4) is 0 Å². The molecule has 1 unspecified atom stereocenters. The lowest BCUT2D eigenvalue weighted by Gasteiger charge is -2.29. The van der Waals surface area contributed by atoms with Gasteiger partial charge in [0.2, 0.25) is 0 Å². The van der Waals surface area contributed by atoms with Gasteiger partial charge in [-0.25, -0.2) is 4.68 Å². The highest BCUT2D eigenvalue weighted by molar-refractivity contribution is 9.10. The number of nitrogens with one attached hydrogen (secondary N) is 1. The van der Waals surface area contributed by atoms with Crippen molar-refractivity contribution in [1.82, 2.24) is 9.78 Å². The number of primary amides is 1. The largest absolute Gasteiger partial charge is 0.382 e. The molecule has 3 N–H and O–H groups in total. The molecule has 30 heavy (non-hydrogen) atoms. The summed E-state index contributed by atoms with van der Waals surface area (Å²) in [5, 5.41) is 8.02. The topological polar surface area (TPSA) is 99.2 Å². The van der Waals surface area contributed by atoms with Crippen LogP contribution in [-0.4, -0.2) is 40.7 Å². The van der Waals surface area contributed by atoms with E-state index in [0.29, 0.717) is 34.3 Å². The zero-order valence-corrected chi connectivity index (χ0v) is 19.1. The van der Waals surface area contributed by atoms with Crippen molar-refractivity contribution in [3.05, 3.63) is 39.1 Å². The number of amides is 1. The van der Waals surface area contributed by atoms with Gasteiger partial charge in [-0.2, -0.15) is 5.10 Å². The maximum atomic E-state index is 12.8. The van der Waals surface area contributed by atoms with Crippen molar-refractivity contribution in [2.24, 2.45) is 11.1 Å². The molecule has 0 saturated carbocycles. The second-order valence-corrected chi connectivity index (χ2v) is 9.84. The van der Waals surface area contributed by atoms with Gasteiger partial charge in [0.15, 0.2) is 5.78 Å². The van der Waals surface area contributed by atoms with Gasteiger partial charge in [0, 0.05) is 29.7 Å². The number of fused-ring (bicyclic) bond motifs is 1. The van der Waals surface area contributed by atoms with E-state index in [1.165, 1.54) is 0 Å². The molecule has 0 bridgehead atoms. The number of carbonyl (C=O) groups excluding carboxylic acids is 2. The third-order valence-corrected chi connectivity index (χ3v) is 6.48. The maximum absolute atomic E-state index is 12.8. The highest BCUT2D eigenvalue weighted by Gasteiger charge is 2.36. The average molecular weight is 475 g/mol. The number of carbonyl (C=O) groups is 2. The van der Waals surface area contributed by atoms with Crippen LogP contribution in [0.5, 0.6) is 0 Å². The lowest BCUT2D eigenvalue weighted by molar-refractivity contribution is 0.0909. The fourth-order valence-corrected chi connectivity index (χ4v) is 4.95. The van der Waals surface area contributed by atoms with Crippen LogP contribution in [0.2, 0.25) is 0 Å². The number of Topliss-reactive ketones (excluding diaryl/α,β-unsaturated/α-hetero) is 1. The van der Waals surface area contributed by atoms with Gasteiger partial charge in [-0.3, -0.25) is 9.59 Å². The molecule has 1 fully saturated rings. The second-order valence-electron chi connectivity index (χ2n) is 8.99. The fraction of sp³-hybridized carbons (Fsp3) is 0.500. The van der Waals surface area contributed by atoms with Crippen LogP contribution in [0.4, 0.5) is 5.69 Å². The Morgan fingerprint density at radius 3 is 2.83 bits per heavy atom. The van der Waals surface area contributed by atoms with Crippen LogP contribution in [0, 0.1) is 12.3 Å². The van der Waals surface area contributed by atoms with E-state index in [1.807, 2.05) is 17.7 Å². The van der Waals surface area contributed by atoms with E-state index < -0.39 is 5.91 Å². The molecular formula is C22H27BrN4O3. The number of ether oxygens (including phenoxy) is 1. The molecule has 4 rings (SSSR count). The molecule has 7 nitrogen and oxygen atoms in total. The molecule has 1 saturated heterocycles. The lowest BCUT2D eigenvalue weighted by Crippen LogP contribution is -2.28. The standard InChI is InChI=1S/C22H27BrN4O3/c1-12-20-18(9-22(2,3)10-19(20)28)27(26-12)17-8-16(14(21(24)29)7-15(17)23)25-11-13-5-4-6-30-13/h7-8,13,25H,4-6,9-11H2,1-3H3,(H2,24,29). The molecule has 1 aliphatic carbocycles. The minimum atomic E-state index is -0.507. The summed E-state index contributed by atoms with van der Waals surface area (Å²) in [5.74, 6) is -0.376. The molecule has 1 amide bonds. The third kappa shape index (κ3) is 3.90. The molecule has 1 aromatic heterocycles. The van der Waals surface area contributed by atoms with Gasteiger partial charge in [-0.15, -0.1) is 0 Å². The number of aryl methyl sites for hydroxylation is 1. The summed E-state index contributed by atoms with van der Waals surface area (Å²) >= 11 is 3.58. The minimum Gasteiger partial charge on any atom is -0.382 e. The van der Waals surface area contributed by atoms with E-state index in [2.05, 4.69) is 40.2 Å². The number of benzene rings is 1. The molecule has 1 aromatic carbocycles. The van der Waals surface area contributed by atoms with Crippen LogP contribution in [0.15, 0.2) is 16.6 Å².